The lowest BCUT2D eigenvalue weighted by Gasteiger charge is -2.25. The first-order chi connectivity index (χ1) is 8.42. The highest BCUT2D eigenvalue weighted by atomic mass is 14.2. The summed E-state index contributed by atoms with van der Waals surface area (Å²) in [5, 5.41) is 0. The Morgan fingerprint density at radius 3 is 2.71 bits per heavy atom. The molecule has 0 bridgehead atoms. The van der Waals surface area contributed by atoms with Crippen molar-refractivity contribution in [2.24, 2.45) is 0 Å². The largest absolute Gasteiger partial charge is 0.0847 e. The first-order valence-electron chi connectivity index (χ1n) is 7.15. The van der Waals surface area contributed by atoms with Crippen molar-refractivity contribution in [3.8, 4) is 0 Å². The van der Waals surface area contributed by atoms with Crippen LogP contribution in [0.15, 0.2) is 42.0 Å². The Labute approximate surface area is 106 Å². The maximum Gasteiger partial charge on any atom is 0.00482 e. The van der Waals surface area contributed by atoms with E-state index < -0.39 is 0 Å². The van der Waals surface area contributed by atoms with Crippen LogP contribution in [-0.4, -0.2) is 0 Å². The van der Waals surface area contributed by atoms with Gasteiger partial charge in [-0.1, -0.05) is 61.7 Å². The lowest BCUT2D eigenvalue weighted by molar-refractivity contribution is 0.581. The van der Waals surface area contributed by atoms with E-state index in [1.165, 1.54) is 50.5 Å². The molecule has 1 aliphatic rings. The van der Waals surface area contributed by atoms with Crippen LogP contribution in [0.5, 0.6) is 0 Å². The molecule has 0 amide bonds. The van der Waals surface area contributed by atoms with Gasteiger partial charge in [0, 0.05) is 5.92 Å². The van der Waals surface area contributed by atoms with Crippen LogP contribution in [-0.2, 0) is 0 Å². The van der Waals surface area contributed by atoms with Crippen LogP contribution in [0.1, 0.15) is 63.4 Å². The summed E-state index contributed by atoms with van der Waals surface area (Å²) in [4.78, 5) is 0. The van der Waals surface area contributed by atoms with Gasteiger partial charge in [-0.15, -0.1) is 0 Å². The third-order valence-corrected chi connectivity index (χ3v) is 3.82. The molecular formula is C17H24. The molecule has 0 N–H and O–H groups in total. The number of allylic oxidation sites excluding steroid dienone is 2. The highest BCUT2D eigenvalue weighted by Crippen LogP contribution is 2.36. The molecule has 1 atom stereocenters. The Morgan fingerprint density at radius 1 is 1.12 bits per heavy atom. The zero-order valence-corrected chi connectivity index (χ0v) is 11.0. The van der Waals surface area contributed by atoms with Crippen molar-refractivity contribution in [2.45, 2.75) is 57.8 Å². The topological polar surface area (TPSA) is 0 Å². The van der Waals surface area contributed by atoms with Crippen LogP contribution in [0.2, 0.25) is 0 Å². The van der Waals surface area contributed by atoms with E-state index in [1.807, 2.05) is 0 Å². The van der Waals surface area contributed by atoms with Crippen LogP contribution in [0.25, 0.3) is 0 Å². The van der Waals surface area contributed by atoms with Crippen LogP contribution >= 0.6 is 0 Å². The minimum Gasteiger partial charge on any atom is -0.0847 e. The van der Waals surface area contributed by atoms with Gasteiger partial charge in [-0.2, -0.15) is 0 Å². The monoisotopic (exact) mass is 228 g/mol. The molecular weight excluding hydrogens is 204 g/mol. The molecule has 1 aromatic carbocycles. The first kappa shape index (κ1) is 12.4. The van der Waals surface area contributed by atoms with Crippen LogP contribution in [0, 0.1) is 0 Å². The molecule has 0 nitrogen and oxygen atoms in total. The summed E-state index contributed by atoms with van der Waals surface area (Å²) in [7, 11) is 0. The van der Waals surface area contributed by atoms with E-state index in [4.69, 9.17) is 0 Å². The molecule has 0 fully saturated rings. The molecule has 1 aromatic rings. The minimum absolute atomic E-state index is 0.710. The van der Waals surface area contributed by atoms with Crippen molar-refractivity contribution in [3.63, 3.8) is 0 Å². The van der Waals surface area contributed by atoms with Gasteiger partial charge in [0.05, 0.1) is 0 Å². The van der Waals surface area contributed by atoms with Gasteiger partial charge in [-0.3, -0.25) is 0 Å². The summed E-state index contributed by atoms with van der Waals surface area (Å²) in [5.41, 5.74) is 3.23. The van der Waals surface area contributed by atoms with Gasteiger partial charge in [0.15, 0.2) is 0 Å². The molecule has 2 rings (SSSR count). The third kappa shape index (κ3) is 3.46. The zero-order chi connectivity index (χ0) is 11.9. The Morgan fingerprint density at radius 2 is 1.94 bits per heavy atom. The molecule has 92 valence electrons. The minimum atomic E-state index is 0.710. The normalized spacial score (nSPS) is 20.1. The number of hydrogen-bond acceptors (Lipinski definition) is 0. The number of rotatable bonds is 5. The Kier molecular flexibility index (Phi) is 4.85. The summed E-state index contributed by atoms with van der Waals surface area (Å²) < 4.78 is 0. The van der Waals surface area contributed by atoms with Gasteiger partial charge in [0.25, 0.3) is 0 Å². The van der Waals surface area contributed by atoms with E-state index in [2.05, 4.69) is 43.3 Å². The molecule has 0 saturated carbocycles. The fraction of sp³-hybridized carbons (Fsp3) is 0.529. The van der Waals surface area contributed by atoms with Crippen molar-refractivity contribution in [1.29, 1.82) is 0 Å². The predicted molar refractivity (Wildman–Crippen MR) is 75.3 cm³/mol. The summed E-state index contributed by atoms with van der Waals surface area (Å²) >= 11 is 0. The summed E-state index contributed by atoms with van der Waals surface area (Å²) in [6.45, 7) is 2.28. The maximum atomic E-state index is 2.51. The Bertz CT molecular complexity index is 348. The fourth-order valence-electron chi connectivity index (χ4n) is 2.86. The van der Waals surface area contributed by atoms with E-state index in [0.29, 0.717) is 5.92 Å². The van der Waals surface area contributed by atoms with Gasteiger partial charge in [0.1, 0.15) is 0 Å². The second-order valence-corrected chi connectivity index (χ2v) is 5.13. The van der Waals surface area contributed by atoms with Crippen LogP contribution in [0.3, 0.4) is 0 Å². The molecule has 0 radical (unpaired) electrons. The molecule has 0 aromatic heterocycles. The first-order valence-corrected chi connectivity index (χ1v) is 7.15. The number of benzene rings is 1. The lowest BCUT2D eigenvalue weighted by Crippen LogP contribution is -2.07. The highest BCUT2D eigenvalue weighted by molar-refractivity contribution is 5.30. The standard InChI is InChI=1S/C17H24/c1-2-3-5-10-15-13-8-9-14-17(15)16-11-6-4-7-12-16/h4,6-7,11-13,17H,2-3,5,8-10,14H2,1H3. The molecule has 0 saturated heterocycles. The van der Waals surface area contributed by atoms with Crippen molar-refractivity contribution >= 4 is 0 Å². The van der Waals surface area contributed by atoms with Crippen LogP contribution in [0.4, 0.5) is 0 Å². The van der Waals surface area contributed by atoms with Gasteiger partial charge >= 0.3 is 0 Å². The van der Waals surface area contributed by atoms with E-state index in [9.17, 15) is 0 Å². The fourth-order valence-corrected chi connectivity index (χ4v) is 2.86. The van der Waals surface area contributed by atoms with Crippen molar-refractivity contribution in [3.05, 3.63) is 47.5 Å². The molecule has 0 heterocycles. The molecule has 1 aliphatic carbocycles. The lowest BCUT2D eigenvalue weighted by atomic mass is 9.80. The number of unbranched alkanes of at least 4 members (excludes halogenated alkanes) is 2. The molecule has 1 unspecified atom stereocenters. The van der Waals surface area contributed by atoms with E-state index in [0.717, 1.165) is 0 Å². The van der Waals surface area contributed by atoms with Crippen molar-refractivity contribution < 1.29 is 0 Å². The Balaban J connectivity index is 2.04. The summed E-state index contributed by atoms with van der Waals surface area (Å²) in [6, 6.07) is 11.1. The molecule has 0 spiro atoms. The highest BCUT2D eigenvalue weighted by Gasteiger charge is 2.18. The third-order valence-electron chi connectivity index (χ3n) is 3.82. The van der Waals surface area contributed by atoms with E-state index >= 15 is 0 Å². The average Bonchev–Trinajstić information content (AvgIpc) is 2.41. The molecule has 17 heavy (non-hydrogen) atoms. The Hall–Kier alpha value is -1.04. The molecule has 0 aliphatic heterocycles. The van der Waals surface area contributed by atoms with Crippen LogP contribution < -0.4 is 0 Å². The quantitative estimate of drug-likeness (QED) is 0.463. The van der Waals surface area contributed by atoms with Crippen molar-refractivity contribution in [2.75, 3.05) is 0 Å². The van der Waals surface area contributed by atoms with Gasteiger partial charge in [-0.05, 0) is 37.7 Å². The van der Waals surface area contributed by atoms with Gasteiger partial charge in [0.2, 0.25) is 0 Å². The summed E-state index contributed by atoms with van der Waals surface area (Å²) in [6.07, 6.45) is 11.9. The average molecular weight is 228 g/mol. The van der Waals surface area contributed by atoms with Crippen molar-refractivity contribution in [1.82, 2.24) is 0 Å². The smallest absolute Gasteiger partial charge is 0.00482 e. The SMILES string of the molecule is CCCCCC1=CCCCC1c1ccccc1. The second kappa shape index (κ2) is 6.64. The van der Waals surface area contributed by atoms with Gasteiger partial charge in [-0.25, -0.2) is 0 Å². The zero-order valence-electron chi connectivity index (χ0n) is 11.0. The van der Waals surface area contributed by atoms with Gasteiger partial charge < -0.3 is 0 Å². The summed E-state index contributed by atoms with van der Waals surface area (Å²) in [5.74, 6) is 0.710. The van der Waals surface area contributed by atoms with E-state index in [1.54, 1.807) is 5.57 Å². The van der Waals surface area contributed by atoms with E-state index in [-0.39, 0.29) is 0 Å². The maximum absolute atomic E-state index is 2.51. The second-order valence-electron chi connectivity index (χ2n) is 5.13. The number of hydrogen-bond donors (Lipinski definition) is 0. The molecule has 0 heteroatoms. The predicted octanol–water partition coefficient (Wildman–Crippen LogP) is 5.46.